The van der Waals surface area contributed by atoms with Crippen molar-refractivity contribution in [2.75, 3.05) is 32.8 Å². The van der Waals surface area contributed by atoms with Gasteiger partial charge in [-0.2, -0.15) is 0 Å². The van der Waals surface area contributed by atoms with Gasteiger partial charge in [-0.15, -0.1) is 0 Å². The molecule has 5 nitrogen and oxygen atoms in total. The molecule has 2 aromatic carbocycles. The van der Waals surface area contributed by atoms with E-state index in [1.165, 1.54) is 11.1 Å². The summed E-state index contributed by atoms with van der Waals surface area (Å²) >= 11 is 0. The lowest BCUT2D eigenvalue weighted by molar-refractivity contribution is -0.135. The van der Waals surface area contributed by atoms with E-state index in [1.54, 1.807) is 0 Å². The second-order valence-electron chi connectivity index (χ2n) is 8.90. The Labute approximate surface area is 191 Å². The molecule has 4 rings (SSSR count). The molecule has 0 saturated carbocycles. The van der Waals surface area contributed by atoms with Crippen molar-refractivity contribution in [3.05, 3.63) is 60.2 Å². The average Bonchev–Trinajstić information content (AvgIpc) is 3.30. The van der Waals surface area contributed by atoms with E-state index in [-0.39, 0.29) is 23.8 Å². The van der Waals surface area contributed by atoms with Crippen LogP contribution in [0.25, 0.3) is 11.1 Å². The molecule has 2 heterocycles. The monoisotopic (exact) mass is 434 g/mol. The van der Waals surface area contributed by atoms with Gasteiger partial charge in [-0.1, -0.05) is 54.6 Å². The minimum atomic E-state index is -0.202. The summed E-state index contributed by atoms with van der Waals surface area (Å²) in [6.45, 7) is 5.24. The fraction of sp³-hybridized carbons (Fsp3) is 0.481. The quantitative estimate of drug-likeness (QED) is 0.657. The summed E-state index contributed by atoms with van der Waals surface area (Å²) in [6, 6.07) is 18.8. The largest absolute Gasteiger partial charge is 0.378 e. The van der Waals surface area contributed by atoms with Gasteiger partial charge in [0.25, 0.3) is 0 Å². The predicted molar refractivity (Wildman–Crippen MR) is 126 cm³/mol. The van der Waals surface area contributed by atoms with Gasteiger partial charge in [0.1, 0.15) is 0 Å². The highest BCUT2D eigenvalue weighted by Crippen LogP contribution is 2.23. The van der Waals surface area contributed by atoms with Crippen molar-refractivity contribution >= 4 is 11.8 Å². The zero-order valence-corrected chi connectivity index (χ0v) is 19.0. The predicted octanol–water partition coefficient (Wildman–Crippen LogP) is 4.16. The van der Waals surface area contributed by atoms with Gasteiger partial charge < -0.3 is 14.5 Å². The molecule has 2 aliphatic heterocycles. The molecule has 5 heteroatoms. The summed E-state index contributed by atoms with van der Waals surface area (Å²) < 4.78 is 5.68. The van der Waals surface area contributed by atoms with Crippen molar-refractivity contribution in [1.82, 2.24) is 9.80 Å². The van der Waals surface area contributed by atoms with Gasteiger partial charge in [0, 0.05) is 39.2 Å². The van der Waals surface area contributed by atoms with Gasteiger partial charge in [0.15, 0.2) is 0 Å². The van der Waals surface area contributed by atoms with Crippen molar-refractivity contribution in [2.45, 2.75) is 45.1 Å². The first kappa shape index (κ1) is 22.5. The molecule has 0 radical (unpaired) electrons. The molecule has 170 valence electrons. The van der Waals surface area contributed by atoms with Crippen molar-refractivity contribution in [2.24, 2.45) is 5.92 Å². The third-order valence-corrected chi connectivity index (χ3v) is 6.72. The van der Waals surface area contributed by atoms with E-state index in [4.69, 9.17) is 4.74 Å². The van der Waals surface area contributed by atoms with Crippen LogP contribution in [0.5, 0.6) is 0 Å². The van der Waals surface area contributed by atoms with E-state index in [9.17, 15) is 9.59 Å². The molecular weight excluding hydrogens is 400 g/mol. The summed E-state index contributed by atoms with van der Waals surface area (Å²) in [4.78, 5) is 29.9. The number of hydrogen-bond donors (Lipinski definition) is 0. The lowest BCUT2D eigenvalue weighted by atomic mass is 9.95. The third kappa shape index (κ3) is 5.57. The number of amides is 2. The molecule has 2 atom stereocenters. The zero-order valence-electron chi connectivity index (χ0n) is 19.0. The van der Waals surface area contributed by atoms with Crippen molar-refractivity contribution in [3.8, 4) is 11.1 Å². The molecule has 2 fully saturated rings. The van der Waals surface area contributed by atoms with Gasteiger partial charge in [0.05, 0.1) is 12.0 Å². The number of benzene rings is 2. The van der Waals surface area contributed by atoms with E-state index in [0.717, 1.165) is 31.4 Å². The Morgan fingerprint density at radius 3 is 2.47 bits per heavy atom. The van der Waals surface area contributed by atoms with Crippen LogP contribution in [0.15, 0.2) is 54.6 Å². The summed E-state index contributed by atoms with van der Waals surface area (Å²) in [6.07, 6.45) is 4.30. The Morgan fingerprint density at radius 2 is 1.78 bits per heavy atom. The highest BCUT2D eigenvalue weighted by Gasteiger charge is 2.32. The summed E-state index contributed by atoms with van der Waals surface area (Å²) in [5.74, 6) is 0.108. The Morgan fingerprint density at radius 1 is 1.03 bits per heavy atom. The fourth-order valence-electron chi connectivity index (χ4n) is 4.80. The van der Waals surface area contributed by atoms with Crippen LogP contribution >= 0.6 is 0 Å². The van der Waals surface area contributed by atoms with Crippen LogP contribution in [0, 0.1) is 5.92 Å². The summed E-state index contributed by atoms with van der Waals surface area (Å²) in [5, 5.41) is 0. The topological polar surface area (TPSA) is 49.9 Å². The first-order valence-corrected chi connectivity index (χ1v) is 12.0. The molecular formula is C27H34N2O3. The second kappa shape index (κ2) is 10.8. The number of ether oxygens (including phenoxy) is 1. The third-order valence-electron chi connectivity index (χ3n) is 6.72. The Balaban J connectivity index is 1.42. The average molecular weight is 435 g/mol. The maximum atomic E-state index is 13.2. The standard InChI is InChI=1S/C27H34N2O3/c1-2-28-16-17-29(26(30)15-14-25-9-6-18-32-25)20-24(27(28)31)19-21-10-12-23(13-11-21)22-7-4-3-5-8-22/h3-5,7-8,10-13,24-25H,2,6,9,14-20H2,1H3. The molecule has 2 saturated heterocycles. The Bertz CT molecular complexity index is 891. The second-order valence-corrected chi connectivity index (χ2v) is 8.90. The lowest BCUT2D eigenvalue weighted by Gasteiger charge is -2.24. The van der Waals surface area contributed by atoms with Gasteiger partial charge >= 0.3 is 0 Å². The molecule has 0 spiro atoms. The molecule has 0 bridgehead atoms. The van der Waals surface area contributed by atoms with Gasteiger partial charge in [-0.3, -0.25) is 9.59 Å². The molecule has 2 aliphatic rings. The lowest BCUT2D eigenvalue weighted by Crippen LogP contribution is -2.38. The number of nitrogens with zero attached hydrogens (tertiary/aromatic N) is 2. The molecule has 0 N–H and O–H groups in total. The van der Waals surface area contributed by atoms with Crippen LogP contribution in [0.4, 0.5) is 0 Å². The first-order chi connectivity index (χ1) is 15.6. The molecule has 0 aliphatic carbocycles. The van der Waals surface area contributed by atoms with Crippen LogP contribution in [0.3, 0.4) is 0 Å². The number of likely N-dealkylation sites (N-methyl/N-ethyl adjacent to an activating group) is 1. The Hall–Kier alpha value is -2.66. The smallest absolute Gasteiger partial charge is 0.227 e. The molecule has 2 unspecified atom stereocenters. The number of hydrogen-bond acceptors (Lipinski definition) is 3. The van der Waals surface area contributed by atoms with Crippen LogP contribution in [-0.4, -0.2) is 60.5 Å². The fourth-order valence-corrected chi connectivity index (χ4v) is 4.80. The van der Waals surface area contributed by atoms with Gasteiger partial charge in [-0.05, 0) is 49.3 Å². The van der Waals surface area contributed by atoms with E-state index >= 15 is 0 Å². The number of carbonyl (C=O) groups excluding carboxylic acids is 2. The minimum Gasteiger partial charge on any atom is -0.378 e. The van der Waals surface area contributed by atoms with Gasteiger partial charge in [-0.25, -0.2) is 0 Å². The zero-order chi connectivity index (χ0) is 22.3. The molecule has 2 amide bonds. The maximum Gasteiger partial charge on any atom is 0.227 e. The molecule has 2 aromatic rings. The van der Waals surface area contributed by atoms with Gasteiger partial charge in [0.2, 0.25) is 11.8 Å². The SMILES string of the molecule is CCN1CCN(C(=O)CCC2CCCO2)CC(Cc2ccc(-c3ccccc3)cc2)C1=O. The Kier molecular flexibility index (Phi) is 7.59. The minimum absolute atomic E-state index is 0.149. The van der Waals surface area contributed by atoms with Crippen LogP contribution in [0.1, 0.15) is 38.2 Å². The van der Waals surface area contributed by atoms with Crippen LogP contribution in [0.2, 0.25) is 0 Å². The molecule has 0 aromatic heterocycles. The van der Waals surface area contributed by atoms with E-state index in [2.05, 4.69) is 36.4 Å². The number of carbonyl (C=O) groups is 2. The van der Waals surface area contributed by atoms with Crippen molar-refractivity contribution in [3.63, 3.8) is 0 Å². The molecule has 32 heavy (non-hydrogen) atoms. The van der Waals surface area contributed by atoms with Crippen LogP contribution in [-0.2, 0) is 20.7 Å². The number of rotatable bonds is 7. The van der Waals surface area contributed by atoms with E-state index in [0.29, 0.717) is 39.0 Å². The highest BCUT2D eigenvalue weighted by molar-refractivity contribution is 5.82. The summed E-state index contributed by atoms with van der Waals surface area (Å²) in [7, 11) is 0. The van der Waals surface area contributed by atoms with Crippen LogP contribution < -0.4 is 0 Å². The van der Waals surface area contributed by atoms with Crippen molar-refractivity contribution in [1.29, 1.82) is 0 Å². The first-order valence-electron chi connectivity index (χ1n) is 12.0. The van der Waals surface area contributed by atoms with E-state index < -0.39 is 0 Å². The normalized spacial score (nSPS) is 21.6. The summed E-state index contributed by atoms with van der Waals surface area (Å²) in [5.41, 5.74) is 3.49. The maximum absolute atomic E-state index is 13.2. The highest BCUT2D eigenvalue weighted by atomic mass is 16.5. The van der Waals surface area contributed by atoms with E-state index in [1.807, 2.05) is 34.9 Å². The van der Waals surface area contributed by atoms with Crippen molar-refractivity contribution < 1.29 is 14.3 Å².